The maximum absolute atomic E-state index is 11.5. The molecule has 4 rings (SSSR count). The van der Waals surface area contributed by atoms with Crippen LogP contribution in [0.15, 0.2) is 42.5 Å². The van der Waals surface area contributed by atoms with Crippen LogP contribution in [0.1, 0.15) is 29.5 Å². The summed E-state index contributed by atoms with van der Waals surface area (Å²) in [6.45, 7) is 0. The van der Waals surface area contributed by atoms with Gasteiger partial charge < -0.3 is 19.5 Å². The van der Waals surface area contributed by atoms with E-state index in [0.29, 0.717) is 5.75 Å². The van der Waals surface area contributed by atoms with Crippen LogP contribution in [0.2, 0.25) is 0 Å². The van der Waals surface area contributed by atoms with Crippen LogP contribution < -0.4 is 19.5 Å². The standard InChI is InChI=1S/C21H22N2O5/c1-26-13-10-16-14-5-4-6-15(14)20(22-21(16)19(11-13)28-3)12-7-8-18(27-2)17(9-12)23(24)25/h4-5,7-11,14-15,20,22H,6H2,1-3H3/t14-,15+,20-/m1/s1. The number of ether oxygens (including phenoxy) is 3. The van der Waals surface area contributed by atoms with E-state index in [4.69, 9.17) is 14.2 Å². The molecule has 1 heterocycles. The maximum atomic E-state index is 11.5. The molecule has 0 fully saturated rings. The third kappa shape index (κ3) is 2.83. The van der Waals surface area contributed by atoms with E-state index in [1.807, 2.05) is 18.2 Å². The summed E-state index contributed by atoms with van der Waals surface area (Å²) < 4.78 is 16.2. The van der Waals surface area contributed by atoms with Crippen LogP contribution in [0.3, 0.4) is 0 Å². The van der Waals surface area contributed by atoms with Gasteiger partial charge in [-0.05, 0) is 35.6 Å². The summed E-state index contributed by atoms with van der Waals surface area (Å²) >= 11 is 0. The molecular formula is C21H22N2O5. The summed E-state index contributed by atoms with van der Waals surface area (Å²) in [5.41, 5.74) is 2.85. The fourth-order valence-corrected chi connectivity index (χ4v) is 4.29. The number of nitro benzene ring substituents is 1. The van der Waals surface area contributed by atoms with Crippen LogP contribution in [-0.4, -0.2) is 26.3 Å². The average Bonchev–Trinajstić information content (AvgIpc) is 3.22. The molecule has 3 atom stereocenters. The Bertz CT molecular complexity index is 956. The van der Waals surface area contributed by atoms with Crippen molar-refractivity contribution in [2.75, 3.05) is 26.6 Å². The largest absolute Gasteiger partial charge is 0.497 e. The predicted octanol–water partition coefficient (Wildman–Crippen LogP) is 4.45. The summed E-state index contributed by atoms with van der Waals surface area (Å²) in [6, 6.07) is 8.95. The van der Waals surface area contributed by atoms with Crippen molar-refractivity contribution < 1.29 is 19.1 Å². The lowest BCUT2D eigenvalue weighted by atomic mass is 9.76. The second kappa shape index (κ2) is 7.07. The van der Waals surface area contributed by atoms with Gasteiger partial charge in [-0.2, -0.15) is 0 Å². The Morgan fingerprint density at radius 2 is 1.86 bits per heavy atom. The molecule has 2 aromatic carbocycles. The fraction of sp³-hybridized carbons (Fsp3) is 0.333. The average molecular weight is 382 g/mol. The number of hydrogen-bond donors (Lipinski definition) is 1. The molecule has 0 bridgehead atoms. The third-order valence-electron chi connectivity index (χ3n) is 5.62. The Kier molecular flexibility index (Phi) is 4.58. The van der Waals surface area contributed by atoms with Crippen molar-refractivity contribution in [3.05, 3.63) is 63.7 Å². The molecule has 0 amide bonds. The van der Waals surface area contributed by atoms with Gasteiger partial charge in [-0.25, -0.2) is 0 Å². The van der Waals surface area contributed by atoms with Gasteiger partial charge in [0.05, 0.1) is 38.0 Å². The number of rotatable bonds is 5. The lowest BCUT2D eigenvalue weighted by Gasteiger charge is -2.38. The molecule has 0 spiro atoms. The van der Waals surface area contributed by atoms with Gasteiger partial charge in [0.15, 0.2) is 5.75 Å². The zero-order valence-corrected chi connectivity index (χ0v) is 16.0. The fourth-order valence-electron chi connectivity index (χ4n) is 4.29. The number of nitrogens with zero attached hydrogens (tertiary/aromatic N) is 1. The number of nitro groups is 1. The molecule has 2 aromatic rings. The van der Waals surface area contributed by atoms with Gasteiger partial charge in [-0.3, -0.25) is 10.1 Å². The highest BCUT2D eigenvalue weighted by molar-refractivity contribution is 5.70. The second-order valence-corrected chi connectivity index (χ2v) is 6.96. The second-order valence-electron chi connectivity index (χ2n) is 6.96. The van der Waals surface area contributed by atoms with E-state index < -0.39 is 4.92 Å². The number of benzene rings is 2. The van der Waals surface area contributed by atoms with Crippen molar-refractivity contribution in [3.63, 3.8) is 0 Å². The number of fused-ring (bicyclic) bond motifs is 3. The van der Waals surface area contributed by atoms with Crippen LogP contribution in [0.4, 0.5) is 11.4 Å². The Morgan fingerprint density at radius 3 is 2.54 bits per heavy atom. The van der Waals surface area contributed by atoms with Crippen LogP contribution in [0.5, 0.6) is 17.2 Å². The van der Waals surface area contributed by atoms with Gasteiger partial charge >= 0.3 is 5.69 Å². The van der Waals surface area contributed by atoms with E-state index in [1.165, 1.54) is 7.11 Å². The van der Waals surface area contributed by atoms with Gasteiger partial charge in [-0.15, -0.1) is 0 Å². The van der Waals surface area contributed by atoms with E-state index in [0.717, 1.165) is 29.0 Å². The molecule has 1 aliphatic carbocycles. The van der Waals surface area contributed by atoms with Gasteiger partial charge in [-0.1, -0.05) is 18.2 Å². The van der Waals surface area contributed by atoms with Crippen molar-refractivity contribution in [3.8, 4) is 17.2 Å². The lowest BCUT2D eigenvalue weighted by Crippen LogP contribution is -2.29. The summed E-state index contributed by atoms with van der Waals surface area (Å²) in [5, 5.41) is 15.0. The minimum absolute atomic E-state index is 0.0307. The molecule has 0 saturated carbocycles. The maximum Gasteiger partial charge on any atom is 0.311 e. The van der Waals surface area contributed by atoms with Crippen molar-refractivity contribution in [1.29, 1.82) is 0 Å². The van der Waals surface area contributed by atoms with Crippen molar-refractivity contribution in [1.82, 2.24) is 0 Å². The highest BCUT2D eigenvalue weighted by Gasteiger charge is 2.40. The number of hydrogen-bond acceptors (Lipinski definition) is 6. The predicted molar refractivity (Wildman–Crippen MR) is 106 cm³/mol. The quantitative estimate of drug-likeness (QED) is 0.467. The first kappa shape index (κ1) is 18.2. The van der Waals surface area contributed by atoms with Crippen LogP contribution in [-0.2, 0) is 0 Å². The van der Waals surface area contributed by atoms with E-state index in [1.54, 1.807) is 26.4 Å². The van der Waals surface area contributed by atoms with Crippen LogP contribution >= 0.6 is 0 Å². The van der Waals surface area contributed by atoms with Crippen molar-refractivity contribution >= 4 is 11.4 Å². The lowest BCUT2D eigenvalue weighted by molar-refractivity contribution is -0.385. The first-order chi connectivity index (χ1) is 13.6. The zero-order valence-electron chi connectivity index (χ0n) is 16.0. The van der Waals surface area contributed by atoms with Gasteiger partial charge in [0.1, 0.15) is 11.5 Å². The highest BCUT2D eigenvalue weighted by Crippen LogP contribution is 2.53. The Labute approximate surface area is 163 Å². The molecule has 0 aromatic heterocycles. The Morgan fingerprint density at radius 1 is 1.07 bits per heavy atom. The molecule has 1 N–H and O–H groups in total. The highest BCUT2D eigenvalue weighted by atomic mass is 16.6. The van der Waals surface area contributed by atoms with Crippen LogP contribution in [0, 0.1) is 16.0 Å². The topological polar surface area (TPSA) is 82.9 Å². The van der Waals surface area contributed by atoms with Crippen molar-refractivity contribution in [2.45, 2.75) is 18.4 Å². The van der Waals surface area contributed by atoms with Gasteiger partial charge in [0.2, 0.25) is 0 Å². The molecule has 2 aliphatic rings. The molecular weight excluding hydrogens is 360 g/mol. The smallest absolute Gasteiger partial charge is 0.311 e. The first-order valence-corrected chi connectivity index (χ1v) is 9.08. The monoisotopic (exact) mass is 382 g/mol. The first-order valence-electron chi connectivity index (χ1n) is 9.08. The third-order valence-corrected chi connectivity index (χ3v) is 5.62. The normalized spacial score (nSPS) is 22.0. The molecule has 1 aliphatic heterocycles. The number of methoxy groups -OCH3 is 3. The molecule has 146 valence electrons. The summed E-state index contributed by atoms with van der Waals surface area (Å²) in [5.74, 6) is 2.13. The SMILES string of the molecule is COc1cc(OC)c2c(c1)[C@@H]1C=CC[C@@H]1[C@@H](c1ccc(OC)c([N+](=O)[O-])c1)N2. The van der Waals surface area contributed by atoms with Crippen LogP contribution in [0.25, 0.3) is 0 Å². The minimum atomic E-state index is -0.408. The number of anilines is 1. The van der Waals surface area contributed by atoms with E-state index in [9.17, 15) is 10.1 Å². The van der Waals surface area contributed by atoms with E-state index in [2.05, 4.69) is 17.5 Å². The summed E-state index contributed by atoms with van der Waals surface area (Å²) in [4.78, 5) is 11.1. The Hall–Kier alpha value is -3.22. The van der Waals surface area contributed by atoms with E-state index in [-0.39, 0.29) is 29.3 Å². The minimum Gasteiger partial charge on any atom is -0.497 e. The number of nitrogens with one attached hydrogen (secondary N) is 1. The summed E-state index contributed by atoms with van der Waals surface area (Å²) in [6.07, 6.45) is 5.26. The molecule has 0 saturated heterocycles. The molecule has 7 heteroatoms. The van der Waals surface area contributed by atoms with Gasteiger partial charge in [0, 0.05) is 18.1 Å². The molecule has 28 heavy (non-hydrogen) atoms. The molecule has 0 unspecified atom stereocenters. The molecule has 7 nitrogen and oxygen atoms in total. The zero-order chi connectivity index (χ0) is 19.8. The Balaban J connectivity index is 1.82. The molecule has 0 radical (unpaired) electrons. The van der Waals surface area contributed by atoms with Crippen molar-refractivity contribution in [2.24, 2.45) is 5.92 Å². The summed E-state index contributed by atoms with van der Waals surface area (Å²) in [7, 11) is 4.70. The van der Waals surface area contributed by atoms with E-state index >= 15 is 0 Å². The number of allylic oxidation sites excluding steroid dienone is 2. The van der Waals surface area contributed by atoms with Gasteiger partial charge in [0.25, 0.3) is 0 Å².